The lowest BCUT2D eigenvalue weighted by atomic mass is 9.99. The van der Waals surface area contributed by atoms with Crippen LogP contribution in [0.2, 0.25) is 0 Å². The fourth-order valence-electron chi connectivity index (χ4n) is 2.25. The largest absolute Gasteiger partial charge is 0.349 e. The molecular formula is C18H20FNO. The van der Waals surface area contributed by atoms with Gasteiger partial charge in [-0.25, -0.2) is 4.39 Å². The van der Waals surface area contributed by atoms with Gasteiger partial charge in [-0.15, -0.1) is 0 Å². The third-order valence-corrected chi connectivity index (χ3v) is 3.56. The average Bonchev–Trinajstić information content (AvgIpc) is 2.50. The zero-order valence-electron chi connectivity index (χ0n) is 12.3. The topological polar surface area (TPSA) is 29.1 Å². The molecule has 0 saturated carbocycles. The molecule has 2 atom stereocenters. The van der Waals surface area contributed by atoms with Crippen molar-refractivity contribution in [1.29, 1.82) is 0 Å². The summed E-state index contributed by atoms with van der Waals surface area (Å²) in [4.78, 5) is 12.2. The van der Waals surface area contributed by atoms with Gasteiger partial charge in [-0.3, -0.25) is 4.79 Å². The first-order valence-corrected chi connectivity index (χ1v) is 7.16. The van der Waals surface area contributed by atoms with Crippen molar-refractivity contribution in [1.82, 2.24) is 5.32 Å². The van der Waals surface area contributed by atoms with Gasteiger partial charge in [-0.05, 0) is 36.6 Å². The van der Waals surface area contributed by atoms with E-state index in [2.05, 4.69) is 5.32 Å². The predicted molar refractivity (Wildman–Crippen MR) is 82.3 cm³/mol. The van der Waals surface area contributed by atoms with Gasteiger partial charge in [0.25, 0.3) is 0 Å². The molecule has 2 rings (SSSR count). The Morgan fingerprint density at radius 2 is 1.67 bits per heavy atom. The number of amides is 1. The van der Waals surface area contributed by atoms with Crippen LogP contribution in [0.1, 0.15) is 31.0 Å². The van der Waals surface area contributed by atoms with Crippen molar-refractivity contribution in [2.24, 2.45) is 5.92 Å². The van der Waals surface area contributed by atoms with E-state index in [1.807, 2.05) is 44.2 Å². The molecule has 1 N–H and O–H groups in total. The second kappa shape index (κ2) is 7.02. The number of rotatable bonds is 5. The highest BCUT2D eigenvalue weighted by Gasteiger charge is 2.16. The molecule has 110 valence electrons. The molecule has 2 aromatic carbocycles. The van der Waals surface area contributed by atoms with E-state index in [4.69, 9.17) is 0 Å². The summed E-state index contributed by atoms with van der Waals surface area (Å²) in [5.41, 5.74) is 2.05. The van der Waals surface area contributed by atoms with Crippen LogP contribution >= 0.6 is 0 Å². The average molecular weight is 285 g/mol. The van der Waals surface area contributed by atoms with Crippen molar-refractivity contribution >= 4 is 5.91 Å². The first-order valence-electron chi connectivity index (χ1n) is 7.16. The fraction of sp³-hybridized carbons (Fsp3) is 0.278. The second-order valence-corrected chi connectivity index (χ2v) is 5.37. The van der Waals surface area contributed by atoms with E-state index in [1.165, 1.54) is 12.1 Å². The van der Waals surface area contributed by atoms with Gasteiger partial charge in [0.15, 0.2) is 0 Å². The van der Waals surface area contributed by atoms with E-state index in [9.17, 15) is 9.18 Å². The van der Waals surface area contributed by atoms with Crippen LogP contribution in [0.3, 0.4) is 0 Å². The van der Waals surface area contributed by atoms with Crippen LogP contribution < -0.4 is 5.32 Å². The Morgan fingerprint density at radius 1 is 1.05 bits per heavy atom. The number of benzene rings is 2. The molecule has 0 heterocycles. The molecule has 2 aromatic rings. The Labute approximate surface area is 125 Å². The molecule has 2 nitrogen and oxygen atoms in total. The third kappa shape index (κ3) is 4.42. The summed E-state index contributed by atoms with van der Waals surface area (Å²) in [6.45, 7) is 3.86. The highest BCUT2D eigenvalue weighted by atomic mass is 19.1. The maximum Gasteiger partial charge on any atom is 0.223 e. The lowest BCUT2D eigenvalue weighted by molar-refractivity contribution is -0.125. The van der Waals surface area contributed by atoms with E-state index >= 15 is 0 Å². The molecule has 1 amide bonds. The van der Waals surface area contributed by atoms with Crippen LogP contribution in [0, 0.1) is 11.7 Å². The van der Waals surface area contributed by atoms with Gasteiger partial charge in [-0.2, -0.15) is 0 Å². The zero-order chi connectivity index (χ0) is 15.2. The van der Waals surface area contributed by atoms with Crippen LogP contribution in [-0.4, -0.2) is 5.91 Å². The number of halogens is 1. The Hall–Kier alpha value is -2.16. The van der Waals surface area contributed by atoms with E-state index in [0.717, 1.165) is 11.1 Å². The van der Waals surface area contributed by atoms with Gasteiger partial charge >= 0.3 is 0 Å². The van der Waals surface area contributed by atoms with Crippen LogP contribution in [0.15, 0.2) is 54.6 Å². The van der Waals surface area contributed by atoms with Crippen LogP contribution in [0.4, 0.5) is 4.39 Å². The summed E-state index contributed by atoms with van der Waals surface area (Å²) in [5, 5.41) is 3.01. The quantitative estimate of drug-likeness (QED) is 0.887. The summed E-state index contributed by atoms with van der Waals surface area (Å²) in [5.74, 6) is -0.397. The maximum absolute atomic E-state index is 12.9. The molecule has 0 aliphatic carbocycles. The number of carbonyl (C=O) groups excluding carboxylic acids is 1. The minimum atomic E-state index is -0.256. The molecule has 0 radical (unpaired) electrons. The van der Waals surface area contributed by atoms with Gasteiger partial charge in [-0.1, -0.05) is 49.4 Å². The minimum Gasteiger partial charge on any atom is -0.349 e. The SMILES string of the molecule is CC(Cc1ccc(F)cc1)C(=O)NC(C)c1ccccc1. The van der Waals surface area contributed by atoms with Crippen molar-refractivity contribution in [3.05, 3.63) is 71.5 Å². The fourth-order valence-corrected chi connectivity index (χ4v) is 2.25. The monoisotopic (exact) mass is 285 g/mol. The molecule has 0 aromatic heterocycles. The first-order chi connectivity index (χ1) is 10.1. The summed E-state index contributed by atoms with van der Waals surface area (Å²) >= 11 is 0. The highest BCUT2D eigenvalue weighted by molar-refractivity contribution is 5.79. The predicted octanol–water partition coefficient (Wildman–Crippen LogP) is 3.88. The molecule has 2 unspecified atom stereocenters. The molecule has 21 heavy (non-hydrogen) atoms. The summed E-state index contributed by atoms with van der Waals surface area (Å²) in [6, 6.07) is 16.1. The van der Waals surface area contributed by atoms with E-state index in [-0.39, 0.29) is 23.7 Å². The Kier molecular flexibility index (Phi) is 5.09. The molecule has 0 aliphatic rings. The zero-order valence-corrected chi connectivity index (χ0v) is 12.3. The number of hydrogen-bond acceptors (Lipinski definition) is 1. The van der Waals surface area contributed by atoms with Crippen molar-refractivity contribution in [2.75, 3.05) is 0 Å². The van der Waals surface area contributed by atoms with Gasteiger partial charge < -0.3 is 5.32 Å². The maximum atomic E-state index is 12.9. The van der Waals surface area contributed by atoms with E-state index in [1.54, 1.807) is 12.1 Å². The normalized spacial score (nSPS) is 13.5. The van der Waals surface area contributed by atoms with Gasteiger partial charge in [0.2, 0.25) is 5.91 Å². The molecule has 0 spiro atoms. The van der Waals surface area contributed by atoms with Gasteiger partial charge in [0, 0.05) is 5.92 Å². The smallest absolute Gasteiger partial charge is 0.223 e. The van der Waals surface area contributed by atoms with Crippen molar-refractivity contribution in [3.8, 4) is 0 Å². The molecule has 0 fully saturated rings. The van der Waals surface area contributed by atoms with E-state index < -0.39 is 0 Å². The lowest BCUT2D eigenvalue weighted by Gasteiger charge is -2.18. The van der Waals surface area contributed by atoms with Crippen molar-refractivity contribution in [2.45, 2.75) is 26.3 Å². The van der Waals surface area contributed by atoms with Crippen molar-refractivity contribution < 1.29 is 9.18 Å². The van der Waals surface area contributed by atoms with E-state index in [0.29, 0.717) is 6.42 Å². The second-order valence-electron chi connectivity index (χ2n) is 5.37. The Balaban J connectivity index is 1.92. The lowest BCUT2D eigenvalue weighted by Crippen LogP contribution is -2.32. The van der Waals surface area contributed by atoms with Gasteiger partial charge in [0.1, 0.15) is 5.82 Å². The van der Waals surface area contributed by atoms with Crippen LogP contribution in [-0.2, 0) is 11.2 Å². The number of nitrogens with one attached hydrogen (secondary N) is 1. The third-order valence-electron chi connectivity index (χ3n) is 3.56. The molecular weight excluding hydrogens is 265 g/mol. The molecule has 3 heteroatoms. The van der Waals surface area contributed by atoms with Crippen molar-refractivity contribution in [3.63, 3.8) is 0 Å². The molecule has 0 aliphatic heterocycles. The summed E-state index contributed by atoms with van der Waals surface area (Å²) < 4.78 is 12.9. The number of carbonyl (C=O) groups is 1. The Bertz CT molecular complexity index is 580. The summed E-state index contributed by atoms with van der Waals surface area (Å²) in [7, 11) is 0. The van der Waals surface area contributed by atoms with Crippen LogP contribution in [0.5, 0.6) is 0 Å². The molecule has 0 bridgehead atoms. The van der Waals surface area contributed by atoms with Gasteiger partial charge in [0.05, 0.1) is 6.04 Å². The summed E-state index contributed by atoms with van der Waals surface area (Å²) in [6.07, 6.45) is 0.605. The minimum absolute atomic E-state index is 0.00989. The first kappa shape index (κ1) is 15.2. The number of hydrogen-bond donors (Lipinski definition) is 1. The molecule has 0 saturated heterocycles. The standard InChI is InChI=1S/C18H20FNO/c1-13(12-15-8-10-17(19)11-9-15)18(21)20-14(2)16-6-4-3-5-7-16/h3-11,13-14H,12H2,1-2H3,(H,20,21). The van der Waals surface area contributed by atoms with Crippen LogP contribution in [0.25, 0.3) is 0 Å². The Morgan fingerprint density at radius 3 is 2.29 bits per heavy atom. The highest BCUT2D eigenvalue weighted by Crippen LogP contribution is 2.14.